The molecule has 0 bridgehead atoms. The van der Waals surface area contributed by atoms with Gasteiger partial charge in [-0.15, -0.1) is 0 Å². The number of aromatic nitrogens is 3. The van der Waals surface area contributed by atoms with Crippen LogP contribution in [0.1, 0.15) is 56.8 Å². The van der Waals surface area contributed by atoms with E-state index in [0.29, 0.717) is 30.5 Å². The van der Waals surface area contributed by atoms with E-state index in [4.69, 9.17) is 4.74 Å². The van der Waals surface area contributed by atoms with E-state index in [-0.39, 0.29) is 18.0 Å². The van der Waals surface area contributed by atoms with Crippen LogP contribution in [0.2, 0.25) is 0 Å². The second-order valence-corrected chi connectivity index (χ2v) is 9.46. The van der Waals surface area contributed by atoms with Crippen molar-refractivity contribution in [2.75, 3.05) is 13.1 Å². The maximum absolute atomic E-state index is 13.4. The molecule has 2 amide bonds. The number of piperidine rings is 1. The lowest BCUT2D eigenvalue weighted by molar-refractivity contribution is 0.0142. The van der Waals surface area contributed by atoms with Gasteiger partial charge < -0.3 is 14.5 Å². The predicted octanol–water partition coefficient (Wildman–Crippen LogP) is 3.49. The van der Waals surface area contributed by atoms with Crippen molar-refractivity contribution in [2.24, 2.45) is 7.05 Å². The summed E-state index contributed by atoms with van der Waals surface area (Å²) in [5.41, 5.74) is 1.07. The molecule has 4 rings (SSSR count). The second-order valence-electron chi connectivity index (χ2n) is 9.46. The number of ether oxygens (including phenoxy) is 1. The van der Waals surface area contributed by atoms with E-state index in [0.717, 1.165) is 31.2 Å². The van der Waals surface area contributed by atoms with Gasteiger partial charge in [0.05, 0.1) is 0 Å². The lowest BCUT2D eigenvalue weighted by atomic mass is 10.0. The lowest BCUT2D eigenvalue weighted by Gasteiger charge is -2.39. The van der Waals surface area contributed by atoms with E-state index < -0.39 is 5.60 Å². The van der Waals surface area contributed by atoms with E-state index in [1.807, 2.05) is 52.1 Å². The third kappa shape index (κ3) is 5.06. The zero-order valence-corrected chi connectivity index (χ0v) is 18.7. The Kier molecular flexibility index (Phi) is 5.73. The van der Waals surface area contributed by atoms with Crippen LogP contribution in [0.3, 0.4) is 0 Å². The van der Waals surface area contributed by atoms with Gasteiger partial charge in [-0.05, 0) is 58.6 Å². The average molecular weight is 426 g/mol. The quantitative estimate of drug-likeness (QED) is 0.749. The van der Waals surface area contributed by atoms with Gasteiger partial charge in [0.25, 0.3) is 5.91 Å². The van der Waals surface area contributed by atoms with Crippen molar-refractivity contribution >= 4 is 12.0 Å². The zero-order valence-electron chi connectivity index (χ0n) is 18.7. The van der Waals surface area contributed by atoms with Crippen molar-refractivity contribution in [2.45, 2.75) is 64.1 Å². The number of hydrogen-bond acceptors (Lipinski definition) is 5. The van der Waals surface area contributed by atoms with Crippen LogP contribution in [0.15, 0.2) is 30.6 Å². The minimum atomic E-state index is -0.499. The van der Waals surface area contributed by atoms with Crippen LogP contribution in [-0.2, 0) is 11.8 Å². The van der Waals surface area contributed by atoms with Crippen molar-refractivity contribution in [3.8, 4) is 11.4 Å². The molecule has 0 spiro atoms. The third-order valence-corrected chi connectivity index (χ3v) is 5.67. The molecule has 2 heterocycles. The Balaban J connectivity index is 1.41. The monoisotopic (exact) mass is 425 g/mol. The van der Waals surface area contributed by atoms with Crippen molar-refractivity contribution < 1.29 is 14.3 Å². The maximum Gasteiger partial charge on any atom is 0.410 e. The highest BCUT2D eigenvalue weighted by atomic mass is 16.6. The lowest BCUT2D eigenvalue weighted by Crippen LogP contribution is -2.50. The highest BCUT2D eigenvalue weighted by Crippen LogP contribution is 2.33. The first-order valence-electron chi connectivity index (χ1n) is 11.0. The van der Waals surface area contributed by atoms with E-state index in [1.165, 1.54) is 0 Å². The van der Waals surface area contributed by atoms with Gasteiger partial charge in [-0.3, -0.25) is 9.48 Å². The molecule has 1 aromatic heterocycles. The molecule has 0 radical (unpaired) electrons. The first-order chi connectivity index (χ1) is 14.7. The average Bonchev–Trinajstić information content (AvgIpc) is 3.46. The molecule has 8 heteroatoms. The first-order valence-corrected chi connectivity index (χ1v) is 11.0. The summed E-state index contributed by atoms with van der Waals surface area (Å²) < 4.78 is 7.15. The van der Waals surface area contributed by atoms with Gasteiger partial charge in [-0.1, -0.05) is 12.1 Å². The summed E-state index contributed by atoms with van der Waals surface area (Å²) in [6, 6.07) is 7.98. The SMILES string of the molecule is Cn1cnc(-c2ccc(C(=O)N(C3CC3)C3CCN(C(=O)OC(C)(C)C)CC3)cc2)n1. The number of amides is 2. The van der Waals surface area contributed by atoms with Crippen LogP contribution in [0.25, 0.3) is 11.4 Å². The normalized spacial score (nSPS) is 17.5. The van der Waals surface area contributed by atoms with E-state index in [1.54, 1.807) is 15.9 Å². The Hall–Kier alpha value is -2.90. The summed E-state index contributed by atoms with van der Waals surface area (Å²) in [6.45, 7) is 6.85. The number of likely N-dealkylation sites (tertiary alicyclic amines) is 1. The number of benzene rings is 1. The van der Waals surface area contributed by atoms with Gasteiger partial charge in [0.2, 0.25) is 0 Å². The largest absolute Gasteiger partial charge is 0.444 e. The molecule has 1 aliphatic carbocycles. The molecule has 1 saturated carbocycles. The number of carbonyl (C=O) groups excluding carboxylic acids is 2. The Labute approximate surface area is 183 Å². The van der Waals surface area contributed by atoms with E-state index in [9.17, 15) is 9.59 Å². The Morgan fingerprint density at radius 1 is 1.03 bits per heavy atom. The molecule has 8 nitrogen and oxygen atoms in total. The maximum atomic E-state index is 13.4. The molecular weight excluding hydrogens is 394 g/mol. The van der Waals surface area contributed by atoms with Crippen LogP contribution in [0.5, 0.6) is 0 Å². The number of nitrogens with zero attached hydrogens (tertiary/aromatic N) is 5. The summed E-state index contributed by atoms with van der Waals surface area (Å²) in [5, 5.41) is 4.31. The molecular formula is C23H31N5O3. The number of carbonyl (C=O) groups is 2. The van der Waals surface area contributed by atoms with Crippen LogP contribution in [0, 0.1) is 0 Å². The molecule has 1 saturated heterocycles. The summed E-state index contributed by atoms with van der Waals surface area (Å²) >= 11 is 0. The number of aryl methyl sites for hydroxylation is 1. The Morgan fingerprint density at radius 3 is 2.16 bits per heavy atom. The molecule has 2 fully saturated rings. The first kappa shape index (κ1) is 21.3. The topological polar surface area (TPSA) is 80.6 Å². The molecule has 166 valence electrons. The fourth-order valence-corrected chi connectivity index (χ4v) is 4.02. The van der Waals surface area contributed by atoms with Crippen molar-refractivity contribution in [1.82, 2.24) is 24.6 Å². The van der Waals surface area contributed by atoms with Crippen LogP contribution in [0.4, 0.5) is 4.79 Å². The highest BCUT2D eigenvalue weighted by Gasteiger charge is 2.39. The molecule has 2 aromatic rings. The van der Waals surface area contributed by atoms with Gasteiger partial charge in [0, 0.05) is 43.3 Å². The van der Waals surface area contributed by atoms with Gasteiger partial charge >= 0.3 is 6.09 Å². The summed E-state index contributed by atoms with van der Waals surface area (Å²) in [7, 11) is 1.83. The predicted molar refractivity (Wildman–Crippen MR) is 116 cm³/mol. The molecule has 0 N–H and O–H groups in total. The van der Waals surface area contributed by atoms with Crippen LogP contribution < -0.4 is 0 Å². The summed E-state index contributed by atoms with van der Waals surface area (Å²) in [6.07, 6.45) is 5.04. The summed E-state index contributed by atoms with van der Waals surface area (Å²) in [4.78, 5) is 33.8. The number of rotatable bonds is 4. The zero-order chi connectivity index (χ0) is 22.2. The van der Waals surface area contributed by atoms with E-state index in [2.05, 4.69) is 15.0 Å². The van der Waals surface area contributed by atoms with E-state index >= 15 is 0 Å². The molecule has 0 atom stereocenters. The van der Waals surface area contributed by atoms with Crippen LogP contribution in [-0.4, -0.2) is 67.3 Å². The minimum Gasteiger partial charge on any atom is -0.444 e. The fraction of sp³-hybridized carbons (Fsp3) is 0.565. The summed E-state index contributed by atoms with van der Waals surface area (Å²) in [5.74, 6) is 0.716. The number of hydrogen-bond donors (Lipinski definition) is 0. The molecule has 1 aliphatic heterocycles. The molecule has 2 aliphatic rings. The van der Waals surface area contributed by atoms with Gasteiger partial charge in [-0.2, -0.15) is 5.10 Å². The standard InChI is InChI=1S/C23H31N5O3/c1-23(2,3)31-22(30)27-13-11-19(12-14-27)28(18-9-10-18)21(29)17-7-5-16(6-8-17)20-24-15-26(4)25-20/h5-8,15,18-19H,9-14H2,1-4H3. The Bertz CT molecular complexity index is 935. The smallest absolute Gasteiger partial charge is 0.410 e. The van der Waals surface area contributed by atoms with Crippen molar-refractivity contribution in [1.29, 1.82) is 0 Å². The van der Waals surface area contributed by atoms with Crippen molar-refractivity contribution in [3.05, 3.63) is 36.2 Å². The van der Waals surface area contributed by atoms with Crippen LogP contribution >= 0.6 is 0 Å². The van der Waals surface area contributed by atoms with Gasteiger partial charge in [0.1, 0.15) is 11.9 Å². The highest BCUT2D eigenvalue weighted by molar-refractivity contribution is 5.95. The molecule has 1 aromatic carbocycles. The van der Waals surface area contributed by atoms with Gasteiger partial charge in [-0.25, -0.2) is 9.78 Å². The Morgan fingerprint density at radius 2 is 1.65 bits per heavy atom. The van der Waals surface area contributed by atoms with Crippen molar-refractivity contribution in [3.63, 3.8) is 0 Å². The van der Waals surface area contributed by atoms with Gasteiger partial charge in [0.15, 0.2) is 5.82 Å². The second kappa shape index (κ2) is 8.32. The minimum absolute atomic E-state index is 0.0683. The third-order valence-electron chi connectivity index (χ3n) is 5.67. The fourth-order valence-electron chi connectivity index (χ4n) is 4.02. The molecule has 0 unspecified atom stereocenters. The molecule has 31 heavy (non-hydrogen) atoms.